The summed E-state index contributed by atoms with van der Waals surface area (Å²) in [5.74, 6) is 2.70. The molecule has 0 aromatic carbocycles. The highest BCUT2D eigenvalue weighted by Gasteiger charge is 2.29. The molecule has 0 bridgehead atoms. The Balaban J connectivity index is 1.57. The minimum absolute atomic E-state index is 0.185. The van der Waals surface area contributed by atoms with Crippen molar-refractivity contribution in [1.29, 1.82) is 0 Å². The maximum Gasteiger partial charge on any atom is 0.225 e. The van der Waals surface area contributed by atoms with Gasteiger partial charge in [-0.3, -0.25) is 9.78 Å². The fourth-order valence-electron chi connectivity index (χ4n) is 3.03. The lowest BCUT2D eigenvalue weighted by Crippen LogP contribution is -2.45. The summed E-state index contributed by atoms with van der Waals surface area (Å²) >= 11 is 8.14. The minimum atomic E-state index is 0.185. The van der Waals surface area contributed by atoms with E-state index in [-0.39, 0.29) is 5.92 Å². The average Bonchev–Trinajstić information content (AvgIpc) is 2.56. The number of carbonyl (C=O) groups is 1. The van der Waals surface area contributed by atoms with Gasteiger partial charge in [-0.2, -0.15) is 11.8 Å². The van der Waals surface area contributed by atoms with E-state index in [1.54, 1.807) is 12.4 Å². The Labute approximate surface area is 134 Å². The number of nitrogens with zero attached hydrogens (tertiary/aromatic N) is 3. The fourth-order valence-corrected chi connectivity index (χ4v) is 4.18. The minimum Gasteiger partial charge on any atom is -0.370 e. The van der Waals surface area contributed by atoms with Gasteiger partial charge in [0.2, 0.25) is 5.91 Å². The molecular weight excluding hydrogens is 306 g/mol. The van der Waals surface area contributed by atoms with E-state index in [0.29, 0.717) is 10.9 Å². The van der Waals surface area contributed by atoms with E-state index < -0.39 is 0 Å². The summed E-state index contributed by atoms with van der Waals surface area (Å²) < 4.78 is 0. The van der Waals surface area contributed by atoms with Crippen molar-refractivity contribution >= 4 is 35.0 Å². The largest absolute Gasteiger partial charge is 0.370 e. The highest BCUT2D eigenvalue weighted by molar-refractivity contribution is 7.99. The third kappa shape index (κ3) is 3.46. The van der Waals surface area contributed by atoms with Crippen molar-refractivity contribution in [2.75, 3.05) is 42.6 Å². The number of piperidine rings is 1. The second-order valence-electron chi connectivity index (χ2n) is 5.53. The van der Waals surface area contributed by atoms with Crippen molar-refractivity contribution in [1.82, 2.24) is 9.88 Å². The first-order valence-corrected chi connectivity index (χ1v) is 9.00. The second kappa shape index (κ2) is 6.88. The molecule has 2 aliphatic rings. The third-order valence-electron chi connectivity index (χ3n) is 4.26. The van der Waals surface area contributed by atoms with Gasteiger partial charge in [-0.05, 0) is 18.9 Å². The summed E-state index contributed by atoms with van der Waals surface area (Å²) in [6, 6.07) is 1.95. The Morgan fingerprint density at radius 2 is 1.95 bits per heavy atom. The fraction of sp³-hybridized carbons (Fsp3) is 0.600. The summed E-state index contributed by atoms with van der Waals surface area (Å²) in [4.78, 5) is 20.9. The number of thioether (sulfide) groups is 1. The quantitative estimate of drug-likeness (QED) is 0.837. The summed E-state index contributed by atoms with van der Waals surface area (Å²) in [6.45, 7) is 3.62. The SMILES string of the molecule is O=C(C1CCN(c2ccncc2Cl)CC1)N1CCSCC1. The van der Waals surface area contributed by atoms with E-state index >= 15 is 0 Å². The molecule has 0 atom stereocenters. The molecule has 6 heteroatoms. The van der Waals surface area contributed by atoms with Gasteiger partial charge >= 0.3 is 0 Å². The normalized spacial score (nSPS) is 20.6. The lowest BCUT2D eigenvalue weighted by Gasteiger charge is -2.36. The van der Waals surface area contributed by atoms with Crippen molar-refractivity contribution in [3.63, 3.8) is 0 Å². The van der Waals surface area contributed by atoms with Gasteiger partial charge in [0.05, 0.1) is 10.7 Å². The molecular formula is C15H20ClN3OS. The first-order chi connectivity index (χ1) is 10.3. The lowest BCUT2D eigenvalue weighted by molar-refractivity contribution is -0.135. The number of anilines is 1. The summed E-state index contributed by atoms with van der Waals surface area (Å²) in [5.41, 5.74) is 1.03. The molecule has 3 rings (SSSR count). The molecule has 0 radical (unpaired) electrons. The van der Waals surface area contributed by atoms with Gasteiger partial charge in [0, 0.05) is 56.0 Å². The smallest absolute Gasteiger partial charge is 0.225 e. The molecule has 2 aliphatic heterocycles. The van der Waals surface area contributed by atoms with E-state index in [1.807, 2.05) is 17.8 Å². The molecule has 0 unspecified atom stereocenters. The maximum atomic E-state index is 12.5. The Morgan fingerprint density at radius 3 is 2.62 bits per heavy atom. The lowest BCUT2D eigenvalue weighted by atomic mass is 9.95. The molecule has 4 nitrogen and oxygen atoms in total. The molecule has 0 aliphatic carbocycles. The summed E-state index contributed by atoms with van der Waals surface area (Å²) in [5, 5.41) is 0.690. The standard InChI is InChI=1S/C15H20ClN3OS/c16-13-11-17-4-1-14(13)18-5-2-12(3-6-18)15(20)19-7-9-21-10-8-19/h1,4,11-12H,2-3,5-10H2. The van der Waals surface area contributed by atoms with Crippen LogP contribution in [0.2, 0.25) is 5.02 Å². The zero-order valence-electron chi connectivity index (χ0n) is 12.0. The van der Waals surface area contributed by atoms with Gasteiger partial charge in [0.1, 0.15) is 0 Å². The highest BCUT2D eigenvalue weighted by atomic mass is 35.5. The Hall–Kier alpha value is -0.940. The van der Waals surface area contributed by atoms with E-state index in [2.05, 4.69) is 14.8 Å². The van der Waals surface area contributed by atoms with Crippen LogP contribution in [0.15, 0.2) is 18.5 Å². The number of hydrogen-bond donors (Lipinski definition) is 0. The third-order valence-corrected chi connectivity index (χ3v) is 5.49. The van der Waals surface area contributed by atoms with Crippen LogP contribution in [-0.2, 0) is 4.79 Å². The molecule has 1 aromatic rings. The van der Waals surface area contributed by atoms with Crippen LogP contribution in [0.5, 0.6) is 0 Å². The van der Waals surface area contributed by atoms with E-state index in [4.69, 9.17) is 11.6 Å². The number of pyridine rings is 1. The van der Waals surface area contributed by atoms with Gasteiger partial charge in [-0.1, -0.05) is 11.6 Å². The highest BCUT2D eigenvalue weighted by Crippen LogP contribution is 2.29. The topological polar surface area (TPSA) is 36.4 Å². The van der Waals surface area contributed by atoms with E-state index in [9.17, 15) is 4.79 Å². The van der Waals surface area contributed by atoms with Crippen LogP contribution in [-0.4, -0.2) is 53.5 Å². The van der Waals surface area contributed by atoms with Gasteiger partial charge < -0.3 is 9.80 Å². The zero-order valence-corrected chi connectivity index (χ0v) is 13.6. The number of halogens is 1. The van der Waals surface area contributed by atoms with Gasteiger partial charge in [-0.15, -0.1) is 0 Å². The van der Waals surface area contributed by atoms with Crippen molar-refractivity contribution in [3.05, 3.63) is 23.5 Å². The molecule has 0 N–H and O–H groups in total. The van der Waals surface area contributed by atoms with E-state index in [0.717, 1.165) is 56.2 Å². The Morgan fingerprint density at radius 1 is 1.24 bits per heavy atom. The van der Waals surface area contributed by atoms with E-state index in [1.165, 1.54) is 0 Å². The van der Waals surface area contributed by atoms with Crippen LogP contribution in [0.1, 0.15) is 12.8 Å². The van der Waals surface area contributed by atoms with Crippen LogP contribution in [0, 0.1) is 5.92 Å². The molecule has 0 saturated carbocycles. The molecule has 3 heterocycles. The van der Waals surface area contributed by atoms with Gasteiger partial charge in [0.25, 0.3) is 0 Å². The molecule has 1 amide bonds. The van der Waals surface area contributed by atoms with Crippen LogP contribution >= 0.6 is 23.4 Å². The molecule has 2 fully saturated rings. The van der Waals surface area contributed by atoms with Crippen LogP contribution in [0.25, 0.3) is 0 Å². The number of carbonyl (C=O) groups excluding carboxylic acids is 1. The number of aromatic nitrogens is 1. The summed E-state index contributed by atoms with van der Waals surface area (Å²) in [7, 11) is 0. The van der Waals surface area contributed by atoms with Gasteiger partial charge in [-0.25, -0.2) is 0 Å². The number of amides is 1. The first-order valence-electron chi connectivity index (χ1n) is 7.46. The first kappa shape index (κ1) is 15.0. The van der Waals surface area contributed by atoms with Crippen molar-refractivity contribution < 1.29 is 4.79 Å². The molecule has 1 aromatic heterocycles. The molecule has 2 saturated heterocycles. The van der Waals surface area contributed by atoms with Crippen LogP contribution < -0.4 is 4.90 Å². The number of rotatable bonds is 2. The molecule has 21 heavy (non-hydrogen) atoms. The average molecular weight is 326 g/mol. The summed E-state index contributed by atoms with van der Waals surface area (Å²) in [6.07, 6.45) is 5.28. The van der Waals surface area contributed by atoms with Gasteiger partial charge in [0.15, 0.2) is 0 Å². The predicted molar refractivity (Wildman–Crippen MR) is 88.1 cm³/mol. The van der Waals surface area contributed by atoms with Crippen LogP contribution in [0.3, 0.4) is 0 Å². The van der Waals surface area contributed by atoms with Crippen LogP contribution in [0.4, 0.5) is 5.69 Å². The number of hydrogen-bond acceptors (Lipinski definition) is 4. The maximum absolute atomic E-state index is 12.5. The predicted octanol–water partition coefficient (Wildman–Crippen LogP) is 2.53. The molecule has 0 spiro atoms. The van der Waals surface area contributed by atoms with Crippen molar-refractivity contribution in [2.45, 2.75) is 12.8 Å². The van der Waals surface area contributed by atoms with Crippen molar-refractivity contribution in [3.8, 4) is 0 Å². The Kier molecular flexibility index (Phi) is 4.91. The zero-order chi connectivity index (χ0) is 14.7. The Bertz CT molecular complexity index is 499. The second-order valence-corrected chi connectivity index (χ2v) is 7.16. The monoisotopic (exact) mass is 325 g/mol. The van der Waals surface area contributed by atoms with Crippen molar-refractivity contribution in [2.24, 2.45) is 5.92 Å². The molecule has 114 valence electrons.